The van der Waals surface area contributed by atoms with Gasteiger partial charge in [0.1, 0.15) is 41.4 Å². The summed E-state index contributed by atoms with van der Waals surface area (Å²) in [5.74, 6) is -0.768. The van der Waals surface area contributed by atoms with Crippen molar-refractivity contribution >= 4 is 33.4 Å². The van der Waals surface area contributed by atoms with Crippen LogP contribution in [0.2, 0.25) is 0 Å². The van der Waals surface area contributed by atoms with Crippen LogP contribution in [0.4, 0.5) is 19.0 Å². The molecule has 1 amide bonds. The van der Waals surface area contributed by atoms with E-state index in [4.69, 9.17) is 20.9 Å². The van der Waals surface area contributed by atoms with Crippen LogP contribution in [0.5, 0.6) is 11.8 Å². The highest BCUT2D eigenvalue weighted by Crippen LogP contribution is 2.44. The lowest BCUT2D eigenvalue weighted by molar-refractivity contribution is -0.129. The van der Waals surface area contributed by atoms with Crippen LogP contribution >= 0.6 is 0 Å². The van der Waals surface area contributed by atoms with Gasteiger partial charge >= 0.3 is 6.01 Å². The molecule has 4 saturated heterocycles. The molecule has 12 nitrogen and oxygen atoms in total. The highest BCUT2D eigenvalue weighted by atomic mass is 19.1. The Morgan fingerprint density at radius 1 is 1.19 bits per heavy atom. The van der Waals surface area contributed by atoms with E-state index in [1.165, 1.54) is 36.5 Å². The molecule has 8 rings (SSSR count). The van der Waals surface area contributed by atoms with Gasteiger partial charge in [0.15, 0.2) is 5.82 Å². The maximum absolute atomic E-state index is 17.3. The van der Waals surface area contributed by atoms with Crippen LogP contribution in [-0.2, 0) is 9.53 Å². The van der Waals surface area contributed by atoms with Crippen LogP contribution in [0, 0.1) is 58.5 Å². The third-order valence-corrected chi connectivity index (χ3v) is 12.2. The number of pyridine rings is 1. The van der Waals surface area contributed by atoms with Crippen LogP contribution in [0.15, 0.2) is 43.1 Å². The number of anilines is 1. The molecule has 0 aliphatic carbocycles. The zero-order valence-electron chi connectivity index (χ0n) is 31.2. The average molecular weight is 777 g/mol. The van der Waals surface area contributed by atoms with Gasteiger partial charge in [-0.3, -0.25) is 14.7 Å². The fourth-order valence-electron chi connectivity index (χ4n) is 9.46. The first-order valence-corrected chi connectivity index (χ1v) is 18.9. The minimum atomic E-state index is -1.22. The topological polar surface area (TPSA) is 152 Å². The van der Waals surface area contributed by atoms with Crippen molar-refractivity contribution in [2.75, 3.05) is 44.4 Å². The summed E-state index contributed by atoms with van der Waals surface area (Å²) in [5.41, 5.74) is -1.67. The van der Waals surface area contributed by atoms with Gasteiger partial charge in [0.2, 0.25) is 5.91 Å². The first kappa shape index (κ1) is 37.9. The molecule has 1 unspecified atom stereocenters. The number of aromatic hydroxyl groups is 1. The fourth-order valence-corrected chi connectivity index (χ4v) is 9.46. The van der Waals surface area contributed by atoms with Crippen LogP contribution in [0.3, 0.4) is 0 Å². The molecule has 6 heterocycles. The molecule has 4 aromatic rings. The van der Waals surface area contributed by atoms with Crippen molar-refractivity contribution in [1.29, 1.82) is 10.5 Å². The normalized spacial score (nSPS) is 25.6. The lowest BCUT2D eigenvalue weighted by Gasteiger charge is -2.45. The zero-order chi connectivity index (χ0) is 40.2. The van der Waals surface area contributed by atoms with E-state index in [-0.39, 0.29) is 101 Å². The molecule has 0 radical (unpaired) electrons. The first-order valence-electron chi connectivity index (χ1n) is 18.9. The summed E-state index contributed by atoms with van der Waals surface area (Å²) in [5, 5.41) is 31.6. The van der Waals surface area contributed by atoms with Crippen molar-refractivity contribution in [3.63, 3.8) is 0 Å². The third kappa shape index (κ3) is 6.34. The lowest BCUT2D eigenvalue weighted by atomic mass is 9.82. The number of phenolic OH excluding ortho intramolecular Hbond substituents is 1. The lowest BCUT2D eigenvalue weighted by Crippen LogP contribution is -2.57. The molecule has 15 heteroatoms. The summed E-state index contributed by atoms with van der Waals surface area (Å²) in [6, 6.07) is 8.66. The molecular weight excluding hydrogens is 738 g/mol. The number of phenols is 1. The SMILES string of the molecule is C#Cc1c(F)ccc2cc(O)cc(-c3ncc4c(N5C[C@H]6CC(C#N)[C@@H](C5)N6C(=O)C=C)nc(OC[C@]5([C@H](C)C#N)C[C@@H](F)CN5C5CCOCC5)nc4c3F)c12. The van der Waals surface area contributed by atoms with E-state index in [1.807, 2.05) is 9.80 Å². The average Bonchev–Trinajstić information content (AvgIpc) is 3.69. The van der Waals surface area contributed by atoms with Gasteiger partial charge in [0, 0.05) is 62.5 Å². The number of rotatable bonds is 8. The Balaban J connectivity index is 1.27. The Morgan fingerprint density at radius 2 is 1.98 bits per heavy atom. The van der Waals surface area contributed by atoms with Crippen molar-refractivity contribution in [2.45, 2.75) is 62.4 Å². The Bertz CT molecular complexity index is 2420. The largest absolute Gasteiger partial charge is 0.508 e. The summed E-state index contributed by atoms with van der Waals surface area (Å²) in [4.78, 5) is 32.3. The molecule has 2 aromatic carbocycles. The summed E-state index contributed by atoms with van der Waals surface area (Å²) >= 11 is 0. The van der Waals surface area contributed by atoms with Crippen molar-refractivity contribution in [1.82, 2.24) is 24.8 Å². The van der Waals surface area contributed by atoms with Crippen LogP contribution < -0.4 is 9.64 Å². The Morgan fingerprint density at radius 3 is 2.70 bits per heavy atom. The second kappa shape index (κ2) is 14.8. The van der Waals surface area contributed by atoms with Gasteiger partial charge in [-0.05, 0) is 55.8 Å². The molecule has 1 N–H and O–H groups in total. The number of hydrogen-bond acceptors (Lipinski definition) is 11. The monoisotopic (exact) mass is 776 g/mol. The van der Waals surface area contributed by atoms with Gasteiger partial charge in [-0.2, -0.15) is 20.5 Å². The predicted molar refractivity (Wildman–Crippen MR) is 203 cm³/mol. The number of carbonyl (C=O) groups excluding carboxylic acids is 1. The summed E-state index contributed by atoms with van der Waals surface area (Å²) < 4.78 is 59.7. The Labute approximate surface area is 327 Å². The van der Waals surface area contributed by atoms with Gasteiger partial charge in [-0.15, -0.1) is 6.42 Å². The fraction of sp³-hybridized carbons (Fsp3) is 0.429. The number of halogens is 3. The number of terminal acetylenes is 1. The van der Waals surface area contributed by atoms with E-state index < -0.39 is 41.2 Å². The summed E-state index contributed by atoms with van der Waals surface area (Å²) in [7, 11) is 0. The number of ether oxygens (including phenoxy) is 2. The quantitative estimate of drug-likeness (QED) is 0.180. The third-order valence-electron chi connectivity index (χ3n) is 12.2. The summed E-state index contributed by atoms with van der Waals surface area (Å²) in [6.45, 7) is 6.72. The smallest absolute Gasteiger partial charge is 0.319 e. The number of nitriles is 2. The first-order chi connectivity index (χ1) is 27.5. The molecular formula is C42H39F3N8O4. The molecule has 2 bridgehead atoms. The van der Waals surface area contributed by atoms with Crippen LogP contribution in [-0.4, -0.2) is 105 Å². The number of benzene rings is 2. The number of hydrogen-bond donors (Lipinski definition) is 1. The van der Waals surface area contributed by atoms with E-state index in [9.17, 15) is 20.4 Å². The van der Waals surface area contributed by atoms with Gasteiger partial charge in [0.05, 0.1) is 52.5 Å². The number of carbonyl (C=O) groups is 1. The highest BCUT2D eigenvalue weighted by molar-refractivity contribution is 6.03. The van der Waals surface area contributed by atoms with Gasteiger partial charge in [-0.25, -0.2) is 13.2 Å². The van der Waals surface area contributed by atoms with Crippen molar-refractivity contribution < 1.29 is 32.5 Å². The number of alkyl halides is 1. The van der Waals surface area contributed by atoms with Crippen molar-refractivity contribution in [3.8, 4) is 47.5 Å². The molecule has 0 spiro atoms. The van der Waals surface area contributed by atoms with E-state index in [2.05, 4.69) is 34.6 Å². The molecule has 2 aromatic heterocycles. The molecule has 292 valence electrons. The molecule has 6 atom stereocenters. The second-order valence-electron chi connectivity index (χ2n) is 15.3. The van der Waals surface area contributed by atoms with E-state index in [0.29, 0.717) is 37.9 Å². The van der Waals surface area contributed by atoms with E-state index >= 15 is 13.2 Å². The number of amides is 1. The zero-order valence-corrected chi connectivity index (χ0v) is 31.2. The van der Waals surface area contributed by atoms with E-state index in [1.54, 1.807) is 11.8 Å². The maximum atomic E-state index is 17.3. The predicted octanol–water partition coefficient (Wildman–Crippen LogP) is 5.43. The van der Waals surface area contributed by atoms with Gasteiger partial charge in [-0.1, -0.05) is 18.6 Å². The number of fused-ring (bicyclic) bond motifs is 4. The number of nitrogens with zero attached hydrogens (tertiary/aromatic N) is 8. The highest BCUT2D eigenvalue weighted by Gasteiger charge is 2.53. The van der Waals surface area contributed by atoms with Crippen molar-refractivity contribution in [3.05, 3.63) is 60.3 Å². The van der Waals surface area contributed by atoms with Crippen molar-refractivity contribution in [2.24, 2.45) is 11.8 Å². The summed E-state index contributed by atoms with van der Waals surface area (Å²) in [6.07, 6.45) is 8.85. The van der Waals surface area contributed by atoms with E-state index in [0.717, 1.165) is 0 Å². The van der Waals surface area contributed by atoms with Gasteiger partial charge in [0.25, 0.3) is 0 Å². The number of aromatic nitrogens is 3. The molecule has 4 aliphatic heterocycles. The number of likely N-dealkylation sites (tertiary alicyclic amines) is 1. The molecule has 57 heavy (non-hydrogen) atoms. The molecule has 0 saturated carbocycles. The van der Waals surface area contributed by atoms with Gasteiger partial charge < -0.3 is 24.4 Å². The Kier molecular flexibility index (Phi) is 9.89. The second-order valence-corrected chi connectivity index (χ2v) is 15.3. The maximum Gasteiger partial charge on any atom is 0.319 e. The minimum absolute atomic E-state index is 0.0266. The minimum Gasteiger partial charge on any atom is -0.508 e. The number of piperazine rings is 1. The van der Waals surface area contributed by atoms with Crippen LogP contribution in [0.25, 0.3) is 32.9 Å². The molecule has 4 aliphatic rings. The molecule has 4 fully saturated rings. The standard InChI is InChI=1S/C42H39F3N8O4/c1-4-30-33(44)7-6-24-13-29(54)14-31(36(24)30)38-37(45)39-32(18-48-38)40(51-20-28-12-25(17-47)34(21-51)53(28)35(55)5-2)50-41(49-39)57-22-42(23(3)16-46)15-26(43)19-52(42)27-8-10-56-11-9-27/h1,5-7,13-14,18,23,25-28,34,54H,2,8-12,15,19-22H2,3H3/t23-,25?,26-,28-,34-,42+/m1/s1. The Hall–Kier alpha value is -5.95. The van der Waals surface area contributed by atoms with Crippen LogP contribution in [0.1, 0.15) is 38.2 Å².